The Morgan fingerprint density at radius 1 is 0.830 bits per heavy atom. The van der Waals surface area contributed by atoms with Gasteiger partial charge in [0.1, 0.15) is 6.33 Å². The predicted octanol–water partition coefficient (Wildman–Crippen LogP) is 13.3. The maximum atomic E-state index is 14.1. The van der Waals surface area contributed by atoms with Crippen LogP contribution in [0.5, 0.6) is 0 Å². The van der Waals surface area contributed by atoms with Crippen molar-refractivity contribution in [1.29, 1.82) is 0 Å². The molecule has 4 nitrogen and oxygen atoms in total. The average molecular weight is 916 g/mol. The van der Waals surface area contributed by atoms with Gasteiger partial charge in [-0.3, -0.25) is 9.78 Å². The number of halogens is 1. The Kier molecular flexibility index (Phi) is 14.8. The van der Waals surface area contributed by atoms with E-state index < -0.39 is 0 Å². The van der Waals surface area contributed by atoms with Crippen LogP contribution < -0.4 is 0 Å². The molecule has 0 unspecified atom stereocenters. The normalized spacial score (nSPS) is 12.9. The van der Waals surface area contributed by atoms with E-state index in [-0.39, 0.29) is 60.1 Å². The van der Waals surface area contributed by atoms with Gasteiger partial charge in [-0.2, -0.15) is 0 Å². The van der Waals surface area contributed by atoms with Crippen LogP contribution in [0.15, 0.2) is 60.6 Å². The van der Waals surface area contributed by atoms with E-state index >= 15 is 0 Å². The molecule has 0 aliphatic heterocycles. The van der Waals surface area contributed by atoms with Gasteiger partial charge in [-0.05, 0) is 58.6 Å². The third-order valence-corrected chi connectivity index (χ3v) is 10.9. The van der Waals surface area contributed by atoms with Gasteiger partial charge in [0.2, 0.25) is 0 Å². The van der Waals surface area contributed by atoms with Crippen LogP contribution in [0.3, 0.4) is 0 Å². The molecular formula is C46H60FIrN2O2S-. The number of allylic oxidation sites excluding steroid dienone is 2. The fourth-order valence-electron chi connectivity index (χ4n) is 7.76. The summed E-state index contributed by atoms with van der Waals surface area (Å²) in [4.78, 5) is 21.7. The second-order valence-corrected chi connectivity index (χ2v) is 19.2. The first-order valence-corrected chi connectivity index (χ1v) is 19.7. The number of benzene rings is 3. The zero-order chi connectivity index (χ0) is 38.9. The van der Waals surface area contributed by atoms with Gasteiger partial charge in [0.05, 0.1) is 17.1 Å². The number of thiophene rings is 1. The molecule has 1 N–H and O–H groups in total. The van der Waals surface area contributed by atoms with Crippen molar-refractivity contribution in [3.63, 3.8) is 0 Å². The van der Waals surface area contributed by atoms with Crippen LogP contribution in [0.25, 0.3) is 42.3 Å². The van der Waals surface area contributed by atoms with Crippen LogP contribution in [0, 0.1) is 52.8 Å². The fourth-order valence-corrected chi connectivity index (χ4v) is 8.98. The summed E-state index contributed by atoms with van der Waals surface area (Å²) >= 11 is 1.73. The Morgan fingerprint density at radius 3 is 1.96 bits per heavy atom. The van der Waals surface area contributed by atoms with Crippen LogP contribution in [0.1, 0.15) is 108 Å². The summed E-state index contributed by atoms with van der Waals surface area (Å²) in [7, 11) is 0. The molecule has 5 rings (SSSR count). The molecule has 289 valence electrons. The Hall–Kier alpha value is -2.99. The molecule has 0 saturated carbocycles. The molecule has 0 atom stereocenters. The number of carbonyl (C=O) groups excluding carboxylic acids is 1. The van der Waals surface area contributed by atoms with E-state index in [9.17, 15) is 14.3 Å². The molecule has 0 fully saturated rings. The minimum Gasteiger partial charge on any atom is -0.512 e. The van der Waals surface area contributed by atoms with Gasteiger partial charge >= 0.3 is 0 Å². The van der Waals surface area contributed by atoms with Crippen molar-refractivity contribution in [1.82, 2.24) is 9.97 Å². The van der Waals surface area contributed by atoms with Gasteiger partial charge in [0.25, 0.3) is 0 Å². The van der Waals surface area contributed by atoms with Crippen LogP contribution in [0.2, 0.25) is 0 Å². The first-order valence-electron chi connectivity index (χ1n) is 18.9. The Labute approximate surface area is 335 Å². The zero-order valence-corrected chi connectivity index (χ0v) is 37.4. The van der Waals surface area contributed by atoms with Crippen LogP contribution in [-0.2, 0) is 36.7 Å². The molecule has 1 radical (unpaired) electrons. The number of hydrogen-bond donors (Lipinski definition) is 1. The minimum absolute atomic E-state index is 0. The first kappa shape index (κ1) is 44.4. The smallest absolute Gasteiger partial charge is 0.162 e. The fraction of sp³-hybridized carbons (Fsp3) is 0.500. The molecule has 2 aromatic heterocycles. The van der Waals surface area contributed by atoms with Crippen molar-refractivity contribution in [2.24, 2.45) is 40.9 Å². The van der Waals surface area contributed by atoms with Crippen molar-refractivity contribution in [3.05, 3.63) is 83.6 Å². The Morgan fingerprint density at radius 2 is 1.42 bits per heavy atom. The van der Waals surface area contributed by atoms with Crippen molar-refractivity contribution < 1.29 is 34.4 Å². The molecule has 7 heteroatoms. The van der Waals surface area contributed by atoms with Gasteiger partial charge < -0.3 is 5.11 Å². The monoisotopic (exact) mass is 916 g/mol. The largest absolute Gasteiger partial charge is 0.512 e. The number of ketones is 1. The van der Waals surface area contributed by atoms with Crippen LogP contribution in [0.4, 0.5) is 4.39 Å². The summed E-state index contributed by atoms with van der Waals surface area (Å²) in [6.07, 6.45) is 4.14. The second kappa shape index (κ2) is 17.6. The van der Waals surface area contributed by atoms with Crippen molar-refractivity contribution in [2.45, 2.75) is 109 Å². The number of aliphatic hydroxyl groups excluding tert-OH is 1. The van der Waals surface area contributed by atoms with E-state index in [2.05, 4.69) is 137 Å². The van der Waals surface area contributed by atoms with Crippen LogP contribution >= 0.6 is 11.3 Å². The SMILES string of the molecule is CC(C)(C)Cc1ccc2c(c1)sc1c(-c3[c-]c4cc(F)ccc4c(C(C)(C)C)c3)ncnc12.CC(C)C(C(=O)/C=C(\O)C(C(C)C)C(C)C)C(C)C.[Ir]. The molecule has 0 aliphatic rings. The molecular weight excluding hydrogens is 856 g/mol. The number of nitrogens with zero attached hydrogens (tertiary/aromatic N) is 2. The van der Waals surface area contributed by atoms with E-state index in [1.54, 1.807) is 23.7 Å². The molecule has 2 heterocycles. The van der Waals surface area contributed by atoms with Gasteiger partial charge in [0.15, 0.2) is 5.78 Å². The van der Waals surface area contributed by atoms with Gasteiger partial charge in [-0.1, -0.05) is 132 Å². The molecule has 53 heavy (non-hydrogen) atoms. The summed E-state index contributed by atoms with van der Waals surface area (Å²) in [6, 6.07) is 17.3. The number of aromatic nitrogens is 2. The van der Waals surface area contributed by atoms with E-state index in [0.717, 1.165) is 49.6 Å². The summed E-state index contributed by atoms with van der Waals surface area (Å²) in [5, 5.41) is 13.2. The number of fused-ring (bicyclic) bond motifs is 4. The third kappa shape index (κ3) is 10.8. The first-order chi connectivity index (χ1) is 24.1. The number of aliphatic hydroxyl groups is 1. The Bertz CT molecular complexity index is 2050. The molecule has 0 saturated heterocycles. The average Bonchev–Trinajstić information content (AvgIpc) is 3.36. The molecule has 5 aromatic rings. The van der Waals surface area contributed by atoms with E-state index in [1.165, 1.54) is 22.4 Å². The zero-order valence-electron chi connectivity index (χ0n) is 34.2. The third-order valence-electron chi connectivity index (χ3n) is 9.78. The summed E-state index contributed by atoms with van der Waals surface area (Å²) < 4.78 is 16.4. The van der Waals surface area contributed by atoms with E-state index in [4.69, 9.17) is 0 Å². The van der Waals surface area contributed by atoms with Crippen molar-refractivity contribution in [2.75, 3.05) is 0 Å². The Balaban J connectivity index is 0.000000327. The van der Waals surface area contributed by atoms with Crippen LogP contribution in [-0.4, -0.2) is 20.9 Å². The maximum Gasteiger partial charge on any atom is 0.162 e. The summed E-state index contributed by atoms with van der Waals surface area (Å²) in [5.41, 5.74) is 5.32. The second-order valence-electron chi connectivity index (χ2n) is 18.1. The summed E-state index contributed by atoms with van der Waals surface area (Å²) in [6.45, 7) is 29.9. The molecule has 0 aliphatic carbocycles. The molecule has 0 amide bonds. The van der Waals surface area contributed by atoms with Gasteiger partial charge in [-0.25, -0.2) is 9.37 Å². The molecule has 0 spiro atoms. The quantitative estimate of drug-likeness (QED) is 0.0909. The number of carbonyl (C=O) groups is 1. The van der Waals surface area contributed by atoms with Gasteiger partial charge in [-0.15, -0.1) is 34.4 Å². The van der Waals surface area contributed by atoms with Crippen molar-refractivity contribution in [3.8, 4) is 11.3 Å². The summed E-state index contributed by atoms with van der Waals surface area (Å²) in [5.74, 6) is 1.38. The molecule has 0 bridgehead atoms. The van der Waals surface area contributed by atoms with Crippen molar-refractivity contribution >= 4 is 48.2 Å². The number of hydrogen-bond acceptors (Lipinski definition) is 5. The standard InChI is InChI=1S/C29H28FN2S.C17H32O2.Ir/c1-28(2,3)15-17-7-9-22-24(11-17)33-27-25(31-16-32-26(22)27)19-12-18-13-20(30)8-10-21(18)23(14-19)29(4,5)6;1-10(2)16(11(3)4)14(18)9-15(19)17(12(5)6)13(7)8;/h7-11,13-14,16H,15H2,1-6H3;9-13,16-18H,1-8H3;/q-1;;/b;14-9-;. The van der Waals surface area contributed by atoms with Gasteiger partial charge in [0, 0.05) is 58.5 Å². The van der Waals surface area contributed by atoms with E-state index in [1.807, 2.05) is 6.07 Å². The number of rotatable bonds is 9. The predicted molar refractivity (Wildman–Crippen MR) is 221 cm³/mol. The maximum absolute atomic E-state index is 14.1. The minimum atomic E-state index is -0.253. The topological polar surface area (TPSA) is 63.1 Å². The van der Waals surface area contributed by atoms with E-state index in [0.29, 0.717) is 23.7 Å². The molecule has 3 aromatic carbocycles.